The zero-order valence-corrected chi connectivity index (χ0v) is 10.6. The maximum Gasteiger partial charge on any atom is 0.213 e. The second-order valence-electron chi connectivity index (χ2n) is 4.68. The largest absolute Gasteiger partial charge is 0.368 e. The number of hydrogen-bond acceptors (Lipinski definition) is 2. The molecule has 1 aliphatic rings. The summed E-state index contributed by atoms with van der Waals surface area (Å²) >= 11 is 0. The van der Waals surface area contributed by atoms with Gasteiger partial charge in [-0.25, -0.2) is 10.5 Å². The molecule has 0 aliphatic heterocycles. The normalized spacial score (nSPS) is 17.7. The van der Waals surface area contributed by atoms with Crippen LogP contribution in [0.4, 0.5) is 0 Å². The molecule has 0 heterocycles. The molecule has 0 atom stereocenters. The number of benzene rings is 1. The molecule has 18 heavy (non-hydrogen) atoms. The van der Waals surface area contributed by atoms with Gasteiger partial charge in [-0.3, -0.25) is 4.84 Å². The molecule has 1 aromatic rings. The summed E-state index contributed by atoms with van der Waals surface area (Å²) in [6.45, 7) is 0.488. The molecule has 4 heteroatoms. The van der Waals surface area contributed by atoms with E-state index in [4.69, 9.17) is 10.6 Å². The molecule has 0 radical (unpaired) electrons. The molecule has 0 unspecified atom stereocenters. The van der Waals surface area contributed by atoms with Crippen molar-refractivity contribution in [1.29, 1.82) is 0 Å². The van der Waals surface area contributed by atoms with Crippen LogP contribution in [0.25, 0.3) is 0 Å². The highest BCUT2D eigenvalue weighted by Gasteiger charge is 2.12. The highest BCUT2D eigenvalue weighted by atomic mass is 16.6. The van der Waals surface area contributed by atoms with Crippen molar-refractivity contribution >= 4 is 5.96 Å². The van der Waals surface area contributed by atoms with Crippen LogP contribution in [-0.2, 0) is 11.4 Å². The van der Waals surface area contributed by atoms with Gasteiger partial charge in [-0.1, -0.05) is 49.6 Å². The fourth-order valence-electron chi connectivity index (χ4n) is 2.20. The number of rotatable bonds is 4. The standard InChI is InChI=1S/C14H21N3O/c15-14(16-13-9-5-2-6-10-13)17-18-11-12-7-3-1-4-8-12/h1,3-4,7-8,13H,2,5-6,9-11H2,(H3,15,16,17). The monoisotopic (exact) mass is 247 g/mol. The first kappa shape index (κ1) is 12.9. The van der Waals surface area contributed by atoms with Crippen molar-refractivity contribution in [2.45, 2.75) is 44.8 Å². The minimum atomic E-state index is 0.367. The Bertz CT molecular complexity index is 372. The highest BCUT2D eigenvalue weighted by molar-refractivity contribution is 5.76. The number of nitrogens with one attached hydrogen (secondary N) is 1. The van der Waals surface area contributed by atoms with E-state index in [-0.39, 0.29) is 0 Å². The Balaban J connectivity index is 1.70. The van der Waals surface area contributed by atoms with E-state index in [1.807, 2.05) is 30.3 Å². The zero-order valence-electron chi connectivity index (χ0n) is 10.6. The van der Waals surface area contributed by atoms with Crippen molar-refractivity contribution in [2.75, 3.05) is 0 Å². The van der Waals surface area contributed by atoms with Crippen LogP contribution in [0.2, 0.25) is 0 Å². The number of nitrogens with zero attached hydrogens (tertiary/aromatic N) is 1. The summed E-state index contributed by atoms with van der Waals surface area (Å²) in [5.74, 6) is 0.387. The molecule has 0 aromatic heterocycles. The van der Waals surface area contributed by atoms with Crippen molar-refractivity contribution in [1.82, 2.24) is 5.48 Å². The Morgan fingerprint density at radius 2 is 1.94 bits per heavy atom. The summed E-state index contributed by atoms with van der Waals surface area (Å²) in [6.07, 6.45) is 6.12. The second kappa shape index (κ2) is 7.01. The van der Waals surface area contributed by atoms with Crippen LogP contribution in [0.5, 0.6) is 0 Å². The van der Waals surface area contributed by atoms with Gasteiger partial charge < -0.3 is 5.73 Å². The van der Waals surface area contributed by atoms with E-state index in [1.165, 1.54) is 19.3 Å². The van der Waals surface area contributed by atoms with Crippen LogP contribution in [0.15, 0.2) is 35.3 Å². The Morgan fingerprint density at radius 1 is 1.22 bits per heavy atom. The number of aliphatic imine (C=N–C) groups is 1. The van der Waals surface area contributed by atoms with Crippen molar-refractivity contribution in [3.63, 3.8) is 0 Å². The lowest BCUT2D eigenvalue weighted by atomic mass is 9.96. The van der Waals surface area contributed by atoms with Crippen LogP contribution in [-0.4, -0.2) is 12.0 Å². The van der Waals surface area contributed by atoms with Crippen LogP contribution in [0.3, 0.4) is 0 Å². The molecule has 0 amide bonds. The third kappa shape index (κ3) is 4.37. The van der Waals surface area contributed by atoms with Gasteiger partial charge in [0.25, 0.3) is 0 Å². The lowest BCUT2D eigenvalue weighted by Gasteiger charge is -2.18. The average molecular weight is 247 g/mol. The predicted molar refractivity (Wildman–Crippen MR) is 72.9 cm³/mol. The predicted octanol–water partition coefficient (Wildman–Crippen LogP) is 2.36. The number of nitrogens with two attached hydrogens (primary N) is 1. The molecule has 98 valence electrons. The van der Waals surface area contributed by atoms with Gasteiger partial charge in [0, 0.05) is 0 Å². The lowest BCUT2D eigenvalue weighted by molar-refractivity contribution is 0.0699. The van der Waals surface area contributed by atoms with E-state index in [1.54, 1.807) is 0 Å². The first-order valence-electron chi connectivity index (χ1n) is 6.59. The van der Waals surface area contributed by atoms with E-state index >= 15 is 0 Å². The lowest BCUT2D eigenvalue weighted by Crippen LogP contribution is -2.33. The summed E-state index contributed by atoms with van der Waals surface area (Å²) in [4.78, 5) is 9.74. The first-order chi connectivity index (χ1) is 8.84. The smallest absolute Gasteiger partial charge is 0.213 e. The minimum Gasteiger partial charge on any atom is -0.368 e. The Labute approximate surface area is 108 Å². The van der Waals surface area contributed by atoms with E-state index < -0.39 is 0 Å². The van der Waals surface area contributed by atoms with E-state index in [2.05, 4.69) is 10.5 Å². The summed E-state index contributed by atoms with van der Waals surface area (Å²) < 4.78 is 0. The molecular weight excluding hydrogens is 226 g/mol. The minimum absolute atomic E-state index is 0.367. The quantitative estimate of drug-likeness (QED) is 0.488. The maximum absolute atomic E-state index is 5.78. The second-order valence-corrected chi connectivity index (χ2v) is 4.68. The summed E-state index contributed by atoms with van der Waals surface area (Å²) in [7, 11) is 0. The van der Waals surface area contributed by atoms with Crippen LogP contribution in [0, 0.1) is 0 Å². The van der Waals surface area contributed by atoms with Gasteiger partial charge in [0.2, 0.25) is 5.96 Å². The van der Waals surface area contributed by atoms with Crippen molar-refractivity contribution in [3.05, 3.63) is 35.9 Å². The summed E-state index contributed by atoms with van der Waals surface area (Å²) in [5, 5.41) is 0. The topological polar surface area (TPSA) is 59.6 Å². The van der Waals surface area contributed by atoms with Crippen molar-refractivity contribution in [3.8, 4) is 0 Å². The van der Waals surface area contributed by atoms with E-state index in [0.717, 1.165) is 18.4 Å². The SMILES string of the molecule is NC(=NC1CCCCC1)NOCc1ccccc1. The van der Waals surface area contributed by atoms with E-state index in [9.17, 15) is 0 Å². The molecule has 1 aliphatic carbocycles. The van der Waals surface area contributed by atoms with Crippen LogP contribution >= 0.6 is 0 Å². The molecule has 1 saturated carbocycles. The molecule has 1 aromatic carbocycles. The van der Waals surface area contributed by atoms with Crippen molar-refractivity contribution in [2.24, 2.45) is 10.7 Å². The summed E-state index contributed by atoms with van der Waals surface area (Å²) in [6, 6.07) is 10.3. The van der Waals surface area contributed by atoms with Crippen LogP contribution in [0.1, 0.15) is 37.7 Å². The highest BCUT2D eigenvalue weighted by Crippen LogP contribution is 2.19. The molecule has 3 N–H and O–H groups in total. The molecule has 1 fully saturated rings. The van der Waals surface area contributed by atoms with E-state index in [0.29, 0.717) is 18.6 Å². The van der Waals surface area contributed by atoms with Gasteiger partial charge >= 0.3 is 0 Å². The molecule has 0 saturated heterocycles. The number of hydrogen-bond donors (Lipinski definition) is 2. The van der Waals surface area contributed by atoms with Gasteiger partial charge in [-0.15, -0.1) is 0 Å². The van der Waals surface area contributed by atoms with Crippen molar-refractivity contribution < 1.29 is 4.84 Å². The molecule has 2 rings (SSSR count). The van der Waals surface area contributed by atoms with Gasteiger partial charge in [0.05, 0.1) is 12.6 Å². The maximum atomic E-state index is 5.78. The van der Waals surface area contributed by atoms with Gasteiger partial charge in [-0.2, -0.15) is 0 Å². The Hall–Kier alpha value is -1.55. The Morgan fingerprint density at radius 3 is 2.67 bits per heavy atom. The molecular formula is C14H21N3O. The molecule has 0 spiro atoms. The first-order valence-corrected chi connectivity index (χ1v) is 6.59. The zero-order chi connectivity index (χ0) is 12.6. The summed E-state index contributed by atoms with van der Waals surface area (Å²) in [5.41, 5.74) is 9.60. The Kier molecular flexibility index (Phi) is 5.02. The van der Waals surface area contributed by atoms with Gasteiger partial charge in [0.15, 0.2) is 0 Å². The third-order valence-corrected chi connectivity index (χ3v) is 3.15. The van der Waals surface area contributed by atoms with Gasteiger partial charge in [0.1, 0.15) is 0 Å². The fraction of sp³-hybridized carbons (Fsp3) is 0.500. The average Bonchev–Trinajstić information content (AvgIpc) is 2.41. The van der Waals surface area contributed by atoms with Gasteiger partial charge in [-0.05, 0) is 18.4 Å². The van der Waals surface area contributed by atoms with Crippen LogP contribution < -0.4 is 11.2 Å². The number of guanidine groups is 1. The fourth-order valence-corrected chi connectivity index (χ4v) is 2.20. The number of hydroxylamine groups is 1. The molecule has 0 bridgehead atoms. The third-order valence-electron chi connectivity index (χ3n) is 3.15. The molecule has 4 nitrogen and oxygen atoms in total.